The highest BCUT2D eigenvalue weighted by atomic mass is 35.5. The van der Waals surface area contributed by atoms with Crippen LogP contribution in [0.3, 0.4) is 0 Å². The predicted molar refractivity (Wildman–Crippen MR) is 122 cm³/mol. The molecule has 0 aliphatic rings. The van der Waals surface area contributed by atoms with Gasteiger partial charge in [-0.25, -0.2) is 4.39 Å². The molecule has 1 unspecified atom stereocenters. The van der Waals surface area contributed by atoms with Crippen LogP contribution in [0, 0.1) is 0 Å². The lowest BCUT2D eigenvalue weighted by atomic mass is 9.96. The lowest BCUT2D eigenvalue weighted by Gasteiger charge is -2.19. The van der Waals surface area contributed by atoms with Crippen molar-refractivity contribution in [3.63, 3.8) is 0 Å². The van der Waals surface area contributed by atoms with E-state index in [1.54, 1.807) is 5.32 Å². The monoisotopic (exact) mass is 578 g/mol. The Morgan fingerprint density at radius 2 is 1.44 bits per heavy atom. The first-order valence-electron chi connectivity index (χ1n) is 9.84. The molecule has 0 radical (unpaired) electrons. The van der Waals surface area contributed by atoms with Crippen LogP contribution < -0.4 is 10.6 Å². The number of hydrogen-bond acceptors (Lipinski definition) is 2. The van der Waals surface area contributed by atoms with E-state index in [9.17, 15) is 40.3 Å². The van der Waals surface area contributed by atoms with Gasteiger partial charge in [0.15, 0.2) is 0 Å². The van der Waals surface area contributed by atoms with Gasteiger partial charge >= 0.3 is 12.4 Å². The molecular formula is C22H16Cl3F7N2O2. The molecule has 0 saturated carbocycles. The number of allylic oxidation sites excluding steroid dienone is 1. The largest absolute Gasteiger partial charge is 0.405 e. The van der Waals surface area contributed by atoms with Gasteiger partial charge in [0.1, 0.15) is 24.3 Å². The van der Waals surface area contributed by atoms with Crippen LogP contribution in [0.4, 0.5) is 30.7 Å². The third kappa shape index (κ3) is 8.28. The first-order valence-corrected chi connectivity index (χ1v) is 11.0. The summed E-state index contributed by atoms with van der Waals surface area (Å²) in [6, 6.07) is 4.67. The molecule has 2 aromatic carbocycles. The minimum absolute atomic E-state index is 0.120. The van der Waals surface area contributed by atoms with Crippen molar-refractivity contribution in [2.45, 2.75) is 31.2 Å². The molecule has 0 spiro atoms. The molecule has 36 heavy (non-hydrogen) atoms. The Balaban J connectivity index is 2.19. The first kappa shape index (κ1) is 29.7. The van der Waals surface area contributed by atoms with E-state index in [1.807, 2.05) is 0 Å². The van der Waals surface area contributed by atoms with Gasteiger partial charge in [-0.1, -0.05) is 46.9 Å². The summed E-state index contributed by atoms with van der Waals surface area (Å²) >= 11 is 17.3. The number of carbonyl (C=O) groups is 2. The molecule has 2 amide bonds. The standard InChI is InChI=1S/C22H16Cl3F7N2O2/c1-10(19(35)33-9-21(27,28)29)34-20(36)12-4-2-11(3-5-12)17(26)8-14(22(30,31)32)13-6-15(23)18(25)16(24)7-13/h2-8,10,14H,9H2,1H3,(H,33,35)(H,34,36)/b17-8-/t10-,14?/m1/s1. The fourth-order valence-corrected chi connectivity index (χ4v) is 3.46. The van der Waals surface area contributed by atoms with Crippen molar-refractivity contribution in [1.29, 1.82) is 0 Å². The van der Waals surface area contributed by atoms with Crippen molar-refractivity contribution in [1.82, 2.24) is 10.6 Å². The van der Waals surface area contributed by atoms with E-state index in [1.165, 1.54) is 0 Å². The quantitative estimate of drug-likeness (QED) is 0.272. The molecule has 0 fully saturated rings. The van der Waals surface area contributed by atoms with E-state index in [0.717, 1.165) is 43.3 Å². The fourth-order valence-electron chi connectivity index (χ4n) is 2.84. The topological polar surface area (TPSA) is 58.2 Å². The van der Waals surface area contributed by atoms with Gasteiger partial charge in [-0.05, 0) is 42.8 Å². The highest BCUT2D eigenvalue weighted by molar-refractivity contribution is 6.48. The van der Waals surface area contributed by atoms with Gasteiger partial charge in [-0.2, -0.15) is 26.3 Å². The van der Waals surface area contributed by atoms with Crippen LogP contribution in [-0.2, 0) is 4.79 Å². The van der Waals surface area contributed by atoms with Crippen molar-refractivity contribution in [3.8, 4) is 0 Å². The first-order chi connectivity index (χ1) is 16.5. The third-order valence-corrected chi connectivity index (χ3v) is 5.85. The summed E-state index contributed by atoms with van der Waals surface area (Å²) in [4.78, 5) is 23.9. The normalized spacial score (nSPS) is 14.2. The number of amides is 2. The highest BCUT2D eigenvalue weighted by Gasteiger charge is 2.40. The van der Waals surface area contributed by atoms with Gasteiger partial charge in [-0.15, -0.1) is 0 Å². The minimum atomic E-state index is -4.92. The van der Waals surface area contributed by atoms with E-state index in [4.69, 9.17) is 34.8 Å². The number of halogens is 10. The van der Waals surface area contributed by atoms with Crippen LogP contribution in [0.15, 0.2) is 42.5 Å². The summed E-state index contributed by atoms with van der Waals surface area (Å²) in [5.41, 5.74) is -0.876. The van der Waals surface area contributed by atoms with E-state index in [0.29, 0.717) is 6.08 Å². The Morgan fingerprint density at radius 3 is 1.92 bits per heavy atom. The second kappa shape index (κ2) is 11.7. The van der Waals surface area contributed by atoms with Crippen molar-refractivity contribution in [2.75, 3.05) is 6.54 Å². The van der Waals surface area contributed by atoms with Crippen molar-refractivity contribution in [2.24, 2.45) is 0 Å². The van der Waals surface area contributed by atoms with Crippen LogP contribution in [0.5, 0.6) is 0 Å². The average Bonchev–Trinajstić information content (AvgIpc) is 2.77. The van der Waals surface area contributed by atoms with Gasteiger partial charge < -0.3 is 10.6 Å². The average molecular weight is 580 g/mol. The van der Waals surface area contributed by atoms with Crippen LogP contribution in [0.2, 0.25) is 15.1 Å². The molecule has 2 N–H and O–H groups in total. The Hall–Kier alpha value is -2.50. The van der Waals surface area contributed by atoms with Crippen LogP contribution in [-0.4, -0.2) is 36.8 Å². The van der Waals surface area contributed by atoms with E-state index >= 15 is 0 Å². The second-order valence-electron chi connectivity index (χ2n) is 7.44. The summed E-state index contributed by atoms with van der Waals surface area (Å²) in [6.07, 6.45) is -9.25. The Kier molecular flexibility index (Phi) is 9.66. The van der Waals surface area contributed by atoms with E-state index in [-0.39, 0.29) is 26.2 Å². The van der Waals surface area contributed by atoms with Crippen LogP contribution in [0.25, 0.3) is 5.83 Å². The summed E-state index contributed by atoms with van der Waals surface area (Å²) < 4.78 is 92.2. The number of hydrogen-bond donors (Lipinski definition) is 2. The third-order valence-electron chi connectivity index (χ3n) is 4.66. The van der Waals surface area contributed by atoms with Gasteiger partial charge in [0.05, 0.1) is 15.1 Å². The molecule has 0 heterocycles. The Morgan fingerprint density at radius 1 is 0.944 bits per heavy atom. The molecule has 2 atom stereocenters. The lowest BCUT2D eigenvalue weighted by molar-refractivity contribution is -0.139. The number of carbonyl (C=O) groups excluding carboxylic acids is 2. The molecular weight excluding hydrogens is 564 g/mol. The van der Waals surface area contributed by atoms with Crippen LogP contribution >= 0.6 is 34.8 Å². The highest BCUT2D eigenvalue weighted by Crippen LogP contribution is 2.42. The summed E-state index contributed by atoms with van der Waals surface area (Å²) in [5.74, 6) is -5.67. The van der Waals surface area contributed by atoms with Gasteiger partial charge in [0.2, 0.25) is 5.91 Å². The predicted octanol–water partition coefficient (Wildman–Crippen LogP) is 7.10. The van der Waals surface area contributed by atoms with Gasteiger partial charge in [0, 0.05) is 11.1 Å². The molecule has 2 rings (SSSR count). The molecule has 0 saturated heterocycles. The molecule has 196 valence electrons. The molecule has 0 aliphatic carbocycles. The fraction of sp³-hybridized carbons (Fsp3) is 0.273. The smallest absolute Gasteiger partial charge is 0.345 e. The number of benzene rings is 2. The molecule has 0 aliphatic heterocycles. The maximum Gasteiger partial charge on any atom is 0.405 e. The van der Waals surface area contributed by atoms with Crippen LogP contribution in [0.1, 0.15) is 34.3 Å². The maximum atomic E-state index is 14.7. The zero-order valence-corrected chi connectivity index (χ0v) is 20.3. The molecule has 0 bridgehead atoms. The van der Waals surface area contributed by atoms with Gasteiger partial charge in [0.25, 0.3) is 5.91 Å². The van der Waals surface area contributed by atoms with E-state index in [2.05, 4.69) is 5.32 Å². The summed E-state index contributed by atoms with van der Waals surface area (Å²) in [6.45, 7) is -0.438. The maximum absolute atomic E-state index is 14.7. The Labute approximate surface area is 215 Å². The SMILES string of the molecule is C[C@@H](NC(=O)c1ccc(/C(F)=C/C(c2cc(Cl)c(Cl)c(Cl)c2)C(F)(F)F)cc1)C(=O)NCC(F)(F)F. The number of alkyl halides is 6. The zero-order chi connectivity index (χ0) is 27.4. The zero-order valence-electron chi connectivity index (χ0n) is 18.0. The van der Waals surface area contributed by atoms with Crippen molar-refractivity contribution < 1.29 is 40.3 Å². The van der Waals surface area contributed by atoms with E-state index < -0.39 is 54.1 Å². The summed E-state index contributed by atoms with van der Waals surface area (Å²) in [7, 11) is 0. The Bertz CT molecular complexity index is 1130. The molecule has 4 nitrogen and oxygen atoms in total. The molecule has 0 aromatic heterocycles. The van der Waals surface area contributed by atoms with Crippen molar-refractivity contribution in [3.05, 3.63) is 74.2 Å². The summed E-state index contributed by atoms with van der Waals surface area (Å²) in [5, 5.41) is 3.10. The second-order valence-corrected chi connectivity index (χ2v) is 8.63. The minimum Gasteiger partial charge on any atom is -0.345 e. The number of rotatable bonds is 7. The molecule has 2 aromatic rings. The number of nitrogens with one attached hydrogen (secondary N) is 2. The van der Waals surface area contributed by atoms with Crippen molar-refractivity contribution >= 4 is 52.4 Å². The molecule has 14 heteroatoms. The lowest BCUT2D eigenvalue weighted by Crippen LogP contribution is -2.47. The van der Waals surface area contributed by atoms with Gasteiger partial charge in [-0.3, -0.25) is 9.59 Å².